The van der Waals surface area contributed by atoms with E-state index in [9.17, 15) is 4.79 Å². The Bertz CT molecular complexity index is 306. The summed E-state index contributed by atoms with van der Waals surface area (Å²) in [6.07, 6.45) is 2.82. The van der Waals surface area contributed by atoms with E-state index in [1.165, 1.54) is 11.6 Å². The van der Waals surface area contributed by atoms with Crippen LogP contribution in [0.5, 0.6) is 0 Å². The number of nitrogens with zero attached hydrogens (tertiary/aromatic N) is 1. The molecule has 3 nitrogen and oxygen atoms in total. The Morgan fingerprint density at radius 1 is 1.71 bits per heavy atom. The summed E-state index contributed by atoms with van der Waals surface area (Å²) in [5.41, 5.74) is 1.27. The molecule has 0 saturated heterocycles. The molecule has 14 heavy (non-hydrogen) atoms. The van der Waals surface area contributed by atoms with Gasteiger partial charge >= 0.3 is 5.97 Å². The fraction of sp³-hybridized carbons (Fsp3) is 0.300. The van der Waals surface area contributed by atoms with Gasteiger partial charge in [-0.3, -0.25) is 4.90 Å². The summed E-state index contributed by atoms with van der Waals surface area (Å²) in [4.78, 5) is 12.3. The molecule has 4 heteroatoms. The zero-order chi connectivity index (χ0) is 10.4. The highest BCUT2D eigenvalue weighted by Gasteiger charge is 1.98. The number of hydrogen-bond acceptors (Lipinski definition) is 3. The van der Waals surface area contributed by atoms with Crippen molar-refractivity contribution >= 4 is 17.3 Å². The number of carbonyl (C=O) groups is 1. The highest BCUT2D eigenvalue weighted by Crippen LogP contribution is 2.07. The second kappa shape index (κ2) is 5.57. The molecule has 0 bridgehead atoms. The zero-order valence-electron chi connectivity index (χ0n) is 8.01. The third kappa shape index (κ3) is 4.20. The van der Waals surface area contributed by atoms with Crippen molar-refractivity contribution in [3.63, 3.8) is 0 Å². The van der Waals surface area contributed by atoms with Crippen molar-refractivity contribution < 1.29 is 9.90 Å². The van der Waals surface area contributed by atoms with E-state index in [1.54, 1.807) is 17.4 Å². The molecule has 0 aliphatic rings. The Morgan fingerprint density at radius 3 is 3.07 bits per heavy atom. The number of thiophene rings is 1. The molecule has 0 aliphatic carbocycles. The largest absolute Gasteiger partial charge is 0.478 e. The predicted molar refractivity (Wildman–Crippen MR) is 57.4 cm³/mol. The van der Waals surface area contributed by atoms with Crippen LogP contribution in [0.2, 0.25) is 0 Å². The molecule has 1 aromatic rings. The van der Waals surface area contributed by atoms with Crippen LogP contribution in [0.25, 0.3) is 0 Å². The van der Waals surface area contributed by atoms with Gasteiger partial charge in [-0.2, -0.15) is 11.3 Å². The molecule has 0 unspecified atom stereocenters. The van der Waals surface area contributed by atoms with Crippen LogP contribution < -0.4 is 0 Å². The van der Waals surface area contributed by atoms with Gasteiger partial charge in [-0.15, -0.1) is 0 Å². The SMILES string of the molecule is CN(CC=CC(=O)O)Cc1ccsc1. The molecular formula is C10H13NO2S. The number of rotatable bonds is 5. The van der Waals surface area contributed by atoms with Crippen molar-refractivity contribution in [1.29, 1.82) is 0 Å². The summed E-state index contributed by atoms with van der Waals surface area (Å²) in [7, 11) is 1.96. The summed E-state index contributed by atoms with van der Waals surface area (Å²) < 4.78 is 0. The van der Waals surface area contributed by atoms with Crippen LogP contribution in [0.1, 0.15) is 5.56 Å². The smallest absolute Gasteiger partial charge is 0.328 e. The molecule has 0 saturated carbocycles. The van der Waals surface area contributed by atoms with Crippen molar-refractivity contribution in [2.45, 2.75) is 6.54 Å². The van der Waals surface area contributed by atoms with E-state index in [2.05, 4.69) is 16.3 Å². The summed E-state index contributed by atoms with van der Waals surface area (Å²) in [5, 5.41) is 12.5. The lowest BCUT2D eigenvalue weighted by Crippen LogP contribution is -2.17. The number of hydrogen-bond donors (Lipinski definition) is 1. The molecule has 76 valence electrons. The topological polar surface area (TPSA) is 40.5 Å². The van der Waals surface area contributed by atoms with Gasteiger partial charge in [0.05, 0.1) is 0 Å². The molecule has 1 rings (SSSR count). The molecule has 1 N–H and O–H groups in total. The second-order valence-electron chi connectivity index (χ2n) is 3.07. The Hall–Kier alpha value is -1.13. The van der Waals surface area contributed by atoms with Gasteiger partial charge in [0.1, 0.15) is 0 Å². The average Bonchev–Trinajstić information content (AvgIpc) is 2.56. The quantitative estimate of drug-likeness (QED) is 0.755. The van der Waals surface area contributed by atoms with Gasteiger partial charge in [0.25, 0.3) is 0 Å². The minimum Gasteiger partial charge on any atom is -0.478 e. The lowest BCUT2D eigenvalue weighted by molar-refractivity contribution is -0.131. The van der Waals surface area contributed by atoms with Crippen molar-refractivity contribution in [1.82, 2.24) is 4.90 Å². The number of carboxylic acids is 1. The molecule has 0 aliphatic heterocycles. The van der Waals surface area contributed by atoms with Crippen molar-refractivity contribution in [2.75, 3.05) is 13.6 Å². The minimum atomic E-state index is -0.895. The van der Waals surface area contributed by atoms with Crippen molar-refractivity contribution in [2.24, 2.45) is 0 Å². The maximum Gasteiger partial charge on any atom is 0.328 e. The highest BCUT2D eigenvalue weighted by molar-refractivity contribution is 7.07. The zero-order valence-corrected chi connectivity index (χ0v) is 8.83. The van der Waals surface area contributed by atoms with E-state index in [0.29, 0.717) is 6.54 Å². The van der Waals surface area contributed by atoms with Gasteiger partial charge in [0.15, 0.2) is 0 Å². The minimum absolute atomic E-state index is 0.655. The van der Waals surface area contributed by atoms with Gasteiger partial charge in [-0.25, -0.2) is 4.79 Å². The highest BCUT2D eigenvalue weighted by atomic mass is 32.1. The molecule has 0 atom stereocenters. The first-order chi connectivity index (χ1) is 6.68. The van der Waals surface area contributed by atoms with Gasteiger partial charge < -0.3 is 5.11 Å². The average molecular weight is 211 g/mol. The fourth-order valence-corrected chi connectivity index (χ4v) is 1.75. The molecular weight excluding hydrogens is 198 g/mol. The van der Waals surface area contributed by atoms with E-state index < -0.39 is 5.97 Å². The van der Waals surface area contributed by atoms with E-state index >= 15 is 0 Å². The summed E-state index contributed by atoms with van der Waals surface area (Å²) in [5.74, 6) is -0.895. The molecule has 0 spiro atoms. The predicted octanol–water partition coefficient (Wildman–Crippen LogP) is 1.82. The van der Waals surface area contributed by atoms with Crippen LogP contribution >= 0.6 is 11.3 Å². The maximum absolute atomic E-state index is 10.2. The molecule has 0 radical (unpaired) electrons. The normalized spacial score (nSPS) is 11.3. The Labute approximate surface area is 87.3 Å². The number of aliphatic carboxylic acids is 1. The molecule has 0 aromatic carbocycles. The standard InChI is InChI=1S/C10H13NO2S/c1-11(5-2-3-10(12)13)7-9-4-6-14-8-9/h2-4,6,8H,5,7H2,1H3,(H,12,13). The van der Waals surface area contributed by atoms with Crippen LogP contribution in [-0.2, 0) is 11.3 Å². The van der Waals surface area contributed by atoms with E-state index in [-0.39, 0.29) is 0 Å². The van der Waals surface area contributed by atoms with Gasteiger partial charge in [0, 0.05) is 19.2 Å². The van der Waals surface area contributed by atoms with E-state index in [4.69, 9.17) is 5.11 Å². The van der Waals surface area contributed by atoms with Crippen LogP contribution in [-0.4, -0.2) is 29.6 Å². The molecule has 0 fully saturated rings. The molecule has 0 amide bonds. The van der Waals surface area contributed by atoms with Crippen LogP contribution in [0.3, 0.4) is 0 Å². The first kappa shape index (κ1) is 10.9. The van der Waals surface area contributed by atoms with Gasteiger partial charge in [-0.1, -0.05) is 6.08 Å². The lowest BCUT2D eigenvalue weighted by atomic mass is 10.3. The lowest BCUT2D eigenvalue weighted by Gasteiger charge is -2.12. The van der Waals surface area contributed by atoms with Crippen molar-refractivity contribution in [3.05, 3.63) is 34.5 Å². The van der Waals surface area contributed by atoms with E-state index in [0.717, 1.165) is 6.54 Å². The first-order valence-corrected chi connectivity index (χ1v) is 5.22. The fourth-order valence-electron chi connectivity index (χ4n) is 1.09. The Balaban J connectivity index is 2.29. The first-order valence-electron chi connectivity index (χ1n) is 4.27. The number of carboxylic acid groups (broad SMARTS) is 1. The Morgan fingerprint density at radius 2 is 2.50 bits per heavy atom. The number of likely N-dealkylation sites (N-methyl/N-ethyl adjacent to an activating group) is 1. The molecule has 1 aromatic heterocycles. The Kier molecular flexibility index (Phi) is 4.35. The van der Waals surface area contributed by atoms with E-state index in [1.807, 2.05) is 12.4 Å². The van der Waals surface area contributed by atoms with Crippen LogP contribution in [0, 0.1) is 0 Å². The second-order valence-corrected chi connectivity index (χ2v) is 3.85. The third-order valence-corrected chi connectivity index (χ3v) is 2.44. The maximum atomic E-state index is 10.2. The summed E-state index contributed by atoms with van der Waals surface area (Å²) in [6, 6.07) is 2.07. The van der Waals surface area contributed by atoms with Crippen LogP contribution in [0.4, 0.5) is 0 Å². The summed E-state index contributed by atoms with van der Waals surface area (Å²) in [6.45, 7) is 1.51. The van der Waals surface area contributed by atoms with Crippen LogP contribution in [0.15, 0.2) is 29.0 Å². The monoisotopic (exact) mass is 211 g/mol. The van der Waals surface area contributed by atoms with Gasteiger partial charge in [-0.05, 0) is 29.4 Å². The van der Waals surface area contributed by atoms with Crippen molar-refractivity contribution in [3.8, 4) is 0 Å². The molecule has 1 heterocycles. The summed E-state index contributed by atoms with van der Waals surface area (Å²) >= 11 is 1.67. The third-order valence-electron chi connectivity index (χ3n) is 1.71. The van der Waals surface area contributed by atoms with Gasteiger partial charge in [0.2, 0.25) is 0 Å².